The zero-order valence-electron chi connectivity index (χ0n) is 15.0. The van der Waals surface area contributed by atoms with Crippen LogP contribution in [0.25, 0.3) is 0 Å². The molecule has 0 amide bonds. The summed E-state index contributed by atoms with van der Waals surface area (Å²) < 4.78 is 0. The summed E-state index contributed by atoms with van der Waals surface area (Å²) in [6.07, 6.45) is 9.92. The molecule has 0 aliphatic heterocycles. The second-order valence-corrected chi connectivity index (χ2v) is 9.00. The van der Waals surface area contributed by atoms with Gasteiger partial charge in [-0.15, -0.1) is 0 Å². The number of carbonyl (C=O) groups is 3. The number of aliphatic carboxylic acids is 1. The Morgan fingerprint density at radius 2 is 1.96 bits per heavy atom. The van der Waals surface area contributed by atoms with Crippen LogP contribution in [0, 0.1) is 34.5 Å². The molecule has 0 radical (unpaired) electrons. The Morgan fingerprint density at radius 3 is 2.68 bits per heavy atom. The van der Waals surface area contributed by atoms with E-state index in [4.69, 9.17) is 0 Å². The molecule has 0 unspecified atom stereocenters. The van der Waals surface area contributed by atoms with Crippen molar-refractivity contribution in [3.8, 4) is 0 Å². The molecule has 6 atom stereocenters. The molecular formula is C21H26O4. The fraction of sp³-hybridized carbons (Fsp3) is 0.667. The Labute approximate surface area is 148 Å². The minimum Gasteiger partial charge on any atom is -0.481 e. The third kappa shape index (κ3) is 2.29. The highest BCUT2D eigenvalue weighted by atomic mass is 16.4. The first-order valence-corrected chi connectivity index (χ1v) is 9.46. The van der Waals surface area contributed by atoms with Gasteiger partial charge in [0.1, 0.15) is 0 Å². The lowest BCUT2D eigenvalue weighted by Gasteiger charge is -2.56. The zero-order valence-corrected chi connectivity index (χ0v) is 15.0. The fourth-order valence-electron chi connectivity index (χ4n) is 6.69. The van der Waals surface area contributed by atoms with Gasteiger partial charge in [0.05, 0.1) is 0 Å². The molecule has 4 aliphatic carbocycles. The first-order valence-electron chi connectivity index (χ1n) is 9.46. The fourth-order valence-corrected chi connectivity index (χ4v) is 6.69. The van der Waals surface area contributed by atoms with Gasteiger partial charge >= 0.3 is 5.97 Å². The molecule has 0 aromatic rings. The van der Waals surface area contributed by atoms with Gasteiger partial charge in [-0.2, -0.15) is 0 Å². The van der Waals surface area contributed by atoms with Crippen LogP contribution >= 0.6 is 0 Å². The van der Waals surface area contributed by atoms with E-state index in [-0.39, 0.29) is 34.7 Å². The number of hydrogen-bond donors (Lipinski definition) is 1. The van der Waals surface area contributed by atoms with Gasteiger partial charge < -0.3 is 5.11 Å². The van der Waals surface area contributed by atoms with Gasteiger partial charge in [-0.05, 0) is 66.9 Å². The van der Waals surface area contributed by atoms with E-state index < -0.39 is 5.97 Å². The van der Waals surface area contributed by atoms with Gasteiger partial charge in [0.15, 0.2) is 11.6 Å². The van der Waals surface area contributed by atoms with E-state index >= 15 is 0 Å². The number of hydrogen-bond acceptors (Lipinski definition) is 3. The summed E-state index contributed by atoms with van der Waals surface area (Å²) in [5.74, 6) is 0.657. The van der Waals surface area contributed by atoms with Crippen molar-refractivity contribution in [1.82, 2.24) is 0 Å². The Balaban J connectivity index is 1.68. The van der Waals surface area contributed by atoms with Crippen LogP contribution in [0.2, 0.25) is 0 Å². The Hall–Kier alpha value is -1.71. The van der Waals surface area contributed by atoms with E-state index in [1.54, 1.807) is 12.2 Å². The lowest BCUT2D eigenvalue weighted by atomic mass is 9.47. The monoisotopic (exact) mass is 342 g/mol. The van der Waals surface area contributed by atoms with Gasteiger partial charge in [0.2, 0.25) is 0 Å². The van der Waals surface area contributed by atoms with Gasteiger partial charge in [0, 0.05) is 23.8 Å². The standard InChI is InChI=1S/C21H26O4/c1-20-8-6-16-14(15(20)4-3-12(20)9-19(24)25)11-18(23)17-10-13(22)5-7-21(16,17)2/h5,7,10,12,14-16H,3-4,6,8-9,11H2,1-2H3,(H,24,25)/t12-,14+,15+,16+,20-,21-/m1/s1. The lowest BCUT2D eigenvalue weighted by molar-refractivity contribution is -0.140. The maximum Gasteiger partial charge on any atom is 0.303 e. The number of carboxylic acids is 1. The van der Waals surface area contributed by atoms with Gasteiger partial charge in [-0.25, -0.2) is 0 Å². The molecule has 134 valence electrons. The summed E-state index contributed by atoms with van der Waals surface area (Å²) in [6.45, 7) is 4.37. The molecule has 0 saturated heterocycles. The lowest BCUT2D eigenvalue weighted by Crippen LogP contribution is -2.52. The number of Topliss-reactive ketones (excluding diaryl/α,β-unsaturated/α-hetero) is 1. The smallest absolute Gasteiger partial charge is 0.303 e. The number of carbonyl (C=O) groups excluding carboxylic acids is 2. The second kappa shape index (κ2) is 5.39. The Bertz CT molecular complexity index is 717. The summed E-state index contributed by atoms with van der Waals surface area (Å²) in [4.78, 5) is 35.9. The van der Waals surface area contributed by atoms with E-state index in [1.165, 1.54) is 0 Å². The molecule has 4 aliphatic rings. The molecule has 0 aromatic heterocycles. The number of ketones is 2. The van der Waals surface area contributed by atoms with Crippen LogP contribution in [0.5, 0.6) is 0 Å². The summed E-state index contributed by atoms with van der Waals surface area (Å²) >= 11 is 0. The van der Waals surface area contributed by atoms with Crippen molar-refractivity contribution in [2.24, 2.45) is 34.5 Å². The first kappa shape index (κ1) is 16.7. The van der Waals surface area contributed by atoms with Crippen molar-refractivity contribution < 1.29 is 19.5 Å². The van der Waals surface area contributed by atoms with Gasteiger partial charge in [-0.3, -0.25) is 14.4 Å². The average molecular weight is 342 g/mol. The van der Waals surface area contributed by atoms with Crippen molar-refractivity contribution in [3.05, 3.63) is 23.8 Å². The molecule has 3 saturated carbocycles. The molecule has 4 heteroatoms. The van der Waals surface area contributed by atoms with E-state index in [9.17, 15) is 19.5 Å². The number of rotatable bonds is 2. The molecule has 4 nitrogen and oxygen atoms in total. The van der Waals surface area contributed by atoms with Crippen LogP contribution in [-0.2, 0) is 14.4 Å². The van der Waals surface area contributed by atoms with Crippen molar-refractivity contribution in [2.75, 3.05) is 0 Å². The summed E-state index contributed by atoms with van der Waals surface area (Å²) in [5.41, 5.74) is 0.399. The number of carboxylic acid groups (broad SMARTS) is 1. The third-order valence-electron chi connectivity index (χ3n) is 8.01. The Morgan fingerprint density at radius 1 is 1.20 bits per heavy atom. The van der Waals surface area contributed by atoms with Crippen molar-refractivity contribution in [3.63, 3.8) is 0 Å². The van der Waals surface area contributed by atoms with E-state index in [0.29, 0.717) is 29.7 Å². The van der Waals surface area contributed by atoms with Crippen LogP contribution < -0.4 is 0 Å². The molecular weight excluding hydrogens is 316 g/mol. The predicted octanol–water partition coefficient (Wildman–Crippen LogP) is 3.56. The van der Waals surface area contributed by atoms with Crippen molar-refractivity contribution in [2.45, 2.75) is 52.4 Å². The molecule has 4 rings (SSSR count). The molecule has 0 aromatic carbocycles. The molecule has 0 bridgehead atoms. The minimum absolute atomic E-state index is 0.0333. The molecule has 0 spiro atoms. The SMILES string of the molecule is C[C@]12CC[C@H]3[C@@H](CC(=O)C4=CC(=O)C=C[C@@]43C)[C@@H]1CC[C@@H]2CC(=O)O. The van der Waals surface area contributed by atoms with Gasteiger partial charge in [0.25, 0.3) is 0 Å². The van der Waals surface area contributed by atoms with E-state index in [2.05, 4.69) is 13.8 Å². The quantitative estimate of drug-likeness (QED) is 0.833. The van der Waals surface area contributed by atoms with Crippen LogP contribution in [-0.4, -0.2) is 22.6 Å². The molecule has 1 N–H and O–H groups in total. The highest BCUT2D eigenvalue weighted by Gasteiger charge is 2.60. The van der Waals surface area contributed by atoms with Crippen LogP contribution in [0.4, 0.5) is 0 Å². The highest BCUT2D eigenvalue weighted by molar-refractivity contribution is 6.10. The van der Waals surface area contributed by atoms with Crippen LogP contribution in [0.3, 0.4) is 0 Å². The molecule has 0 heterocycles. The highest BCUT2D eigenvalue weighted by Crippen LogP contribution is 2.65. The average Bonchev–Trinajstić information content (AvgIpc) is 2.86. The van der Waals surface area contributed by atoms with Crippen molar-refractivity contribution >= 4 is 17.5 Å². The Kier molecular flexibility index (Phi) is 3.61. The summed E-state index contributed by atoms with van der Waals surface area (Å²) in [5, 5.41) is 9.27. The van der Waals surface area contributed by atoms with Crippen molar-refractivity contribution in [1.29, 1.82) is 0 Å². The minimum atomic E-state index is -0.709. The van der Waals surface area contributed by atoms with E-state index in [1.807, 2.05) is 6.08 Å². The maximum atomic E-state index is 12.8. The van der Waals surface area contributed by atoms with Crippen LogP contribution in [0.1, 0.15) is 52.4 Å². The topological polar surface area (TPSA) is 71.4 Å². The van der Waals surface area contributed by atoms with E-state index in [0.717, 1.165) is 25.7 Å². The summed E-state index contributed by atoms with van der Waals surface area (Å²) in [6, 6.07) is 0. The van der Waals surface area contributed by atoms with Crippen LogP contribution in [0.15, 0.2) is 23.8 Å². The third-order valence-corrected chi connectivity index (χ3v) is 8.01. The van der Waals surface area contributed by atoms with Gasteiger partial charge in [-0.1, -0.05) is 19.9 Å². The molecule has 25 heavy (non-hydrogen) atoms. The number of fused-ring (bicyclic) bond motifs is 5. The second-order valence-electron chi connectivity index (χ2n) is 9.00. The predicted molar refractivity (Wildman–Crippen MR) is 92.7 cm³/mol. The molecule has 3 fully saturated rings. The maximum absolute atomic E-state index is 12.8. The largest absolute Gasteiger partial charge is 0.481 e. The first-order chi connectivity index (χ1) is 11.8. The zero-order chi connectivity index (χ0) is 18.0. The summed E-state index contributed by atoms with van der Waals surface area (Å²) in [7, 11) is 0. The normalized spacial score (nSPS) is 45.4. The number of allylic oxidation sites excluding steroid dienone is 4.